The van der Waals surface area contributed by atoms with Crippen LogP contribution >= 0.6 is 11.6 Å². The zero-order chi connectivity index (χ0) is 27.2. The quantitative estimate of drug-likeness (QED) is 0.336. The smallest absolute Gasteiger partial charge is 0.326 e. The van der Waals surface area contributed by atoms with Gasteiger partial charge < -0.3 is 15.5 Å². The maximum atomic E-state index is 12.5. The molecule has 0 fully saturated rings. The summed E-state index contributed by atoms with van der Waals surface area (Å²) in [6, 6.07) is 19.1. The minimum absolute atomic E-state index is 0.0217. The average Bonchev–Trinajstić information content (AvgIpc) is 2.83. The van der Waals surface area contributed by atoms with Gasteiger partial charge in [0.2, 0.25) is 10.0 Å². The SMILES string of the molecule is CS(=O)(=O)N(CC(=O)O)Cc1ccccc1-c1ccc(C[C@H](NC(=O)c2ccccc2Cl)C(=O)O)cc1. The molecule has 0 spiro atoms. The second kappa shape index (κ2) is 12.0. The summed E-state index contributed by atoms with van der Waals surface area (Å²) in [4.78, 5) is 35.5. The molecule has 3 rings (SSSR count). The third-order valence-corrected chi connectivity index (χ3v) is 7.10. The fourth-order valence-electron chi connectivity index (χ4n) is 3.71. The Kier molecular flexibility index (Phi) is 9.04. The molecule has 194 valence electrons. The first-order valence-electron chi connectivity index (χ1n) is 11.1. The monoisotopic (exact) mass is 544 g/mol. The lowest BCUT2D eigenvalue weighted by Gasteiger charge is -2.20. The van der Waals surface area contributed by atoms with Gasteiger partial charge in [-0.1, -0.05) is 72.3 Å². The molecule has 0 saturated heterocycles. The van der Waals surface area contributed by atoms with Gasteiger partial charge in [-0.2, -0.15) is 4.31 Å². The molecule has 37 heavy (non-hydrogen) atoms. The minimum atomic E-state index is -3.76. The van der Waals surface area contributed by atoms with E-state index in [-0.39, 0.29) is 23.6 Å². The Hall–Kier alpha value is -3.73. The van der Waals surface area contributed by atoms with Crippen LogP contribution in [0.3, 0.4) is 0 Å². The van der Waals surface area contributed by atoms with Crippen LogP contribution in [-0.4, -0.2) is 59.6 Å². The summed E-state index contributed by atoms with van der Waals surface area (Å²) >= 11 is 6.04. The van der Waals surface area contributed by atoms with Gasteiger partial charge >= 0.3 is 11.9 Å². The van der Waals surface area contributed by atoms with Crippen molar-refractivity contribution in [2.75, 3.05) is 12.8 Å². The number of carboxylic acids is 2. The number of nitrogens with zero attached hydrogens (tertiary/aromatic N) is 1. The lowest BCUT2D eigenvalue weighted by atomic mass is 9.97. The van der Waals surface area contributed by atoms with Gasteiger partial charge in [0, 0.05) is 13.0 Å². The molecule has 0 bridgehead atoms. The molecule has 0 aromatic heterocycles. The number of carbonyl (C=O) groups is 3. The van der Waals surface area contributed by atoms with E-state index in [2.05, 4.69) is 5.32 Å². The molecule has 3 aromatic rings. The molecule has 0 aliphatic heterocycles. The van der Waals surface area contributed by atoms with Gasteiger partial charge in [0.1, 0.15) is 12.6 Å². The molecule has 0 radical (unpaired) electrons. The molecule has 11 heteroatoms. The number of aliphatic carboxylic acids is 2. The second-order valence-corrected chi connectivity index (χ2v) is 10.7. The summed E-state index contributed by atoms with van der Waals surface area (Å²) in [5.41, 5.74) is 2.87. The van der Waals surface area contributed by atoms with Gasteiger partial charge in [0.25, 0.3) is 5.91 Å². The molecule has 9 nitrogen and oxygen atoms in total. The van der Waals surface area contributed by atoms with Gasteiger partial charge in [-0.25, -0.2) is 13.2 Å². The minimum Gasteiger partial charge on any atom is -0.480 e. The number of amides is 1. The molecular weight excluding hydrogens is 520 g/mol. The van der Waals surface area contributed by atoms with E-state index in [0.717, 1.165) is 16.1 Å². The molecule has 0 aliphatic carbocycles. The summed E-state index contributed by atoms with van der Waals surface area (Å²) in [5, 5.41) is 21.5. The van der Waals surface area contributed by atoms with Crippen LogP contribution in [0.15, 0.2) is 72.8 Å². The van der Waals surface area contributed by atoms with Crippen LogP contribution in [0.5, 0.6) is 0 Å². The third kappa shape index (κ3) is 7.63. The van der Waals surface area contributed by atoms with Crippen LogP contribution in [0.4, 0.5) is 0 Å². The molecule has 3 aromatic carbocycles. The summed E-state index contributed by atoms with van der Waals surface area (Å²) in [7, 11) is -3.76. The largest absolute Gasteiger partial charge is 0.480 e. The number of carboxylic acid groups (broad SMARTS) is 2. The van der Waals surface area contributed by atoms with Crippen LogP contribution in [0.25, 0.3) is 11.1 Å². The topological polar surface area (TPSA) is 141 Å². The summed E-state index contributed by atoms with van der Waals surface area (Å²) in [6.07, 6.45) is 0.977. The van der Waals surface area contributed by atoms with Crippen molar-refractivity contribution >= 4 is 39.5 Å². The van der Waals surface area contributed by atoms with E-state index in [4.69, 9.17) is 16.7 Å². The Morgan fingerprint density at radius 1 is 0.946 bits per heavy atom. The number of sulfonamides is 1. The molecule has 0 aliphatic rings. The molecule has 0 saturated carbocycles. The van der Waals surface area contributed by atoms with E-state index in [9.17, 15) is 27.9 Å². The summed E-state index contributed by atoms with van der Waals surface area (Å²) in [5.74, 6) is -3.06. The second-order valence-electron chi connectivity index (χ2n) is 8.33. The lowest BCUT2D eigenvalue weighted by molar-refractivity contribution is -0.139. The number of hydrogen-bond donors (Lipinski definition) is 3. The zero-order valence-electron chi connectivity index (χ0n) is 19.8. The van der Waals surface area contributed by atoms with Crippen LogP contribution in [0, 0.1) is 0 Å². The van der Waals surface area contributed by atoms with E-state index >= 15 is 0 Å². The van der Waals surface area contributed by atoms with Crippen LogP contribution in [-0.2, 0) is 32.6 Å². The lowest BCUT2D eigenvalue weighted by Crippen LogP contribution is -2.42. The standard InChI is InChI=1S/C26H25ClN2O7S/c1-37(35,36)29(16-24(30)31)15-19-6-2-3-7-20(19)18-12-10-17(11-13-18)14-23(26(33)34)28-25(32)21-8-4-5-9-22(21)27/h2-13,23H,14-16H2,1H3,(H,28,32)(H,30,31)(H,33,34)/t23-/m0/s1. The number of halogens is 1. The normalized spacial score (nSPS) is 12.2. The highest BCUT2D eigenvalue weighted by Crippen LogP contribution is 2.26. The Morgan fingerprint density at radius 3 is 2.16 bits per heavy atom. The Morgan fingerprint density at radius 2 is 1.57 bits per heavy atom. The van der Waals surface area contributed by atoms with Gasteiger partial charge in [0.05, 0.1) is 16.8 Å². The van der Waals surface area contributed by atoms with Gasteiger partial charge in [-0.3, -0.25) is 9.59 Å². The van der Waals surface area contributed by atoms with Crippen LogP contribution in [0.1, 0.15) is 21.5 Å². The molecule has 1 atom stereocenters. The Labute approximate surface area is 219 Å². The molecule has 3 N–H and O–H groups in total. The van der Waals surface area contributed by atoms with Crippen molar-refractivity contribution in [1.82, 2.24) is 9.62 Å². The van der Waals surface area contributed by atoms with E-state index in [1.807, 2.05) is 0 Å². The highest BCUT2D eigenvalue weighted by Gasteiger charge is 2.23. The number of hydrogen-bond acceptors (Lipinski definition) is 5. The average molecular weight is 545 g/mol. The van der Waals surface area contributed by atoms with Crippen molar-refractivity contribution in [2.24, 2.45) is 0 Å². The Balaban J connectivity index is 1.79. The molecule has 0 heterocycles. The van der Waals surface area contributed by atoms with Crippen molar-refractivity contribution in [2.45, 2.75) is 19.0 Å². The Bertz CT molecular complexity index is 1410. The maximum absolute atomic E-state index is 12.5. The third-order valence-electron chi connectivity index (χ3n) is 5.57. The van der Waals surface area contributed by atoms with Crippen LogP contribution < -0.4 is 5.32 Å². The van der Waals surface area contributed by atoms with Crippen molar-refractivity contribution in [3.8, 4) is 11.1 Å². The first-order valence-corrected chi connectivity index (χ1v) is 13.3. The van der Waals surface area contributed by atoms with E-state index in [1.165, 1.54) is 6.07 Å². The fourth-order valence-corrected chi connectivity index (χ4v) is 4.65. The van der Waals surface area contributed by atoms with Crippen molar-refractivity contribution in [3.63, 3.8) is 0 Å². The van der Waals surface area contributed by atoms with Gasteiger partial charge in [-0.15, -0.1) is 0 Å². The number of nitrogens with one attached hydrogen (secondary N) is 1. The first-order chi connectivity index (χ1) is 17.5. The van der Waals surface area contributed by atoms with Crippen molar-refractivity contribution < 1.29 is 33.0 Å². The van der Waals surface area contributed by atoms with Gasteiger partial charge in [-0.05, 0) is 34.4 Å². The van der Waals surface area contributed by atoms with E-state index in [0.29, 0.717) is 16.7 Å². The fraction of sp³-hybridized carbons (Fsp3) is 0.192. The number of carbonyl (C=O) groups excluding carboxylic acids is 1. The van der Waals surface area contributed by atoms with E-state index in [1.54, 1.807) is 66.7 Å². The summed E-state index contributed by atoms with van der Waals surface area (Å²) in [6.45, 7) is -0.791. The molecule has 1 amide bonds. The number of benzene rings is 3. The van der Waals surface area contributed by atoms with Crippen molar-refractivity contribution in [1.29, 1.82) is 0 Å². The predicted octanol–water partition coefficient (Wildman–Crippen LogP) is 3.28. The zero-order valence-corrected chi connectivity index (χ0v) is 21.4. The van der Waals surface area contributed by atoms with E-state index < -0.39 is 40.5 Å². The highest BCUT2D eigenvalue weighted by molar-refractivity contribution is 7.88. The number of rotatable bonds is 11. The molecule has 0 unspecified atom stereocenters. The van der Waals surface area contributed by atoms with Crippen LogP contribution in [0.2, 0.25) is 5.02 Å². The summed E-state index contributed by atoms with van der Waals surface area (Å²) < 4.78 is 25.0. The van der Waals surface area contributed by atoms with Gasteiger partial charge in [0.15, 0.2) is 0 Å². The predicted molar refractivity (Wildman–Crippen MR) is 139 cm³/mol. The highest BCUT2D eigenvalue weighted by atomic mass is 35.5. The molecular formula is C26H25ClN2O7S. The maximum Gasteiger partial charge on any atom is 0.326 e. The first kappa shape index (κ1) is 27.9. The van der Waals surface area contributed by atoms with Crippen molar-refractivity contribution in [3.05, 3.63) is 94.5 Å².